The minimum absolute atomic E-state index is 0.873. The number of hydrogen-bond donors (Lipinski definition) is 0. The number of halogens is 1. The standard InChI is InChI=1S/C13H26BrN/c1-12-7-6-8-13(11-12)15(2)10-5-3-4-9-14/h12-13H,3-11H2,1-2H3. The zero-order chi connectivity index (χ0) is 11.1. The van der Waals surface area contributed by atoms with Gasteiger partial charge in [0.05, 0.1) is 0 Å². The fraction of sp³-hybridized carbons (Fsp3) is 1.00. The quantitative estimate of drug-likeness (QED) is 0.522. The highest BCUT2D eigenvalue weighted by Crippen LogP contribution is 2.26. The molecule has 0 aliphatic heterocycles. The highest BCUT2D eigenvalue weighted by molar-refractivity contribution is 9.09. The highest BCUT2D eigenvalue weighted by Gasteiger charge is 2.21. The zero-order valence-corrected chi connectivity index (χ0v) is 11.9. The van der Waals surface area contributed by atoms with Gasteiger partial charge in [-0.25, -0.2) is 0 Å². The summed E-state index contributed by atoms with van der Waals surface area (Å²) in [6.07, 6.45) is 9.82. The molecule has 2 unspecified atom stereocenters. The van der Waals surface area contributed by atoms with E-state index >= 15 is 0 Å². The van der Waals surface area contributed by atoms with Crippen LogP contribution >= 0.6 is 15.9 Å². The van der Waals surface area contributed by atoms with E-state index in [1.807, 2.05) is 0 Å². The maximum absolute atomic E-state index is 3.49. The summed E-state index contributed by atoms with van der Waals surface area (Å²) in [6.45, 7) is 3.70. The molecule has 1 aliphatic rings. The average molecular weight is 276 g/mol. The Labute approximate surface area is 104 Å². The summed E-state index contributed by atoms with van der Waals surface area (Å²) >= 11 is 3.49. The molecule has 0 saturated heterocycles. The summed E-state index contributed by atoms with van der Waals surface area (Å²) in [4.78, 5) is 2.60. The van der Waals surface area contributed by atoms with Crippen LogP contribution in [0.25, 0.3) is 0 Å². The first-order valence-corrected chi connectivity index (χ1v) is 7.62. The van der Waals surface area contributed by atoms with E-state index in [0.29, 0.717) is 0 Å². The van der Waals surface area contributed by atoms with Crippen LogP contribution in [0.5, 0.6) is 0 Å². The first kappa shape index (κ1) is 13.5. The summed E-state index contributed by atoms with van der Waals surface area (Å²) in [5.74, 6) is 0.953. The Morgan fingerprint density at radius 3 is 2.67 bits per heavy atom. The lowest BCUT2D eigenvalue weighted by Crippen LogP contribution is -2.36. The Hall–Kier alpha value is 0.440. The van der Waals surface area contributed by atoms with Crippen molar-refractivity contribution in [1.82, 2.24) is 4.90 Å². The van der Waals surface area contributed by atoms with E-state index in [1.165, 1.54) is 51.5 Å². The molecule has 0 heterocycles. The van der Waals surface area contributed by atoms with Gasteiger partial charge in [-0.1, -0.05) is 42.1 Å². The molecule has 1 saturated carbocycles. The number of rotatable bonds is 6. The molecule has 1 nitrogen and oxygen atoms in total. The van der Waals surface area contributed by atoms with E-state index in [9.17, 15) is 0 Å². The van der Waals surface area contributed by atoms with Gasteiger partial charge in [0.2, 0.25) is 0 Å². The minimum atomic E-state index is 0.873. The number of unbranched alkanes of at least 4 members (excludes halogenated alkanes) is 2. The van der Waals surface area contributed by atoms with Gasteiger partial charge in [0, 0.05) is 11.4 Å². The second-order valence-corrected chi connectivity index (χ2v) is 5.95. The highest BCUT2D eigenvalue weighted by atomic mass is 79.9. The first-order chi connectivity index (χ1) is 7.24. The van der Waals surface area contributed by atoms with Crippen LogP contribution in [0, 0.1) is 5.92 Å². The van der Waals surface area contributed by atoms with E-state index in [2.05, 4.69) is 34.8 Å². The Bertz CT molecular complexity index is 161. The molecule has 0 bridgehead atoms. The third-order valence-electron chi connectivity index (χ3n) is 3.68. The van der Waals surface area contributed by atoms with Crippen molar-refractivity contribution in [3.05, 3.63) is 0 Å². The van der Waals surface area contributed by atoms with Crippen molar-refractivity contribution in [2.45, 2.75) is 57.9 Å². The Balaban J connectivity index is 2.12. The molecule has 0 aromatic carbocycles. The maximum atomic E-state index is 3.49. The molecule has 15 heavy (non-hydrogen) atoms. The van der Waals surface area contributed by atoms with Crippen molar-refractivity contribution in [1.29, 1.82) is 0 Å². The van der Waals surface area contributed by atoms with Gasteiger partial charge in [0.25, 0.3) is 0 Å². The molecule has 2 heteroatoms. The van der Waals surface area contributed by atoms with Crippen LogP contribution in [0.4, 0.5) is 0 Å². The van der Waals surface area contributed by atoms with Crippen molar-refractivity contribution in [3.8, 4) is 0 Å². The van der Waals surface area contributed by atoms with E-state index in [0.717, 1.165) is 17.3 Å². The summed E-state index contributed by atoms with van der Waals surface area (Å²) in [7, 11) is 2.32. The van der Waals surface area contributed by atoms with E-state index in [1.54, 1.807) is 0 Å². The summed E-state index contributed by atoms with van der Waals surface area (Å²) in [6, 6.07) is 0.873. The minimum Gasteiger partial charge on any atom is -0.303 e. The van der Waals surface area contributed by atoms with E-state index < -0.39 is 0 Å². The maximum Gasteiger partial charge on any atom is 0.00947 e. The Kier molecular flexibility index (Phi) is 6.91. The van der Waals surface area contributed by atoms with Crippen LogP contribution in [0.15, 0.2) is 0 Å². The van der Waals surface area contributed by atoms with Crippen molar-refractivity contribution >= 4 is 15.9 Å². The van der Waals surface area contributed by atoms with Crippen molar-refractivity contribution in [2.24, 2.45) is 5.92 Å². The van der Waals surface area contributed by atoms with Crippen LogP contribution in [0.2, 0.25) is 0 Å². The van der Waals surface area contributed by atoms with Crippen LogP contribution in [0.3, 0.4) is 0 Å². The number of hydrogen-bond acceptors (Lipinski definition) is 1. The van der Waals surface area contributed by atoms with Crippen molar-refractivity contribution in [3.63, 3.8) is 0 Å². The molecule has 0 aromatic heterocycles. The third-order valence-corrected chi connectivity index (χ3v) is 4.24. The molecular formula is C13H26BrN. The smallest absolute Gasteiger partial charge is 0.00947 e. The van der Waals surface area contributed by atoms with Crippen molar-refractivity contribution in [2.75, 3.05) is 18.9 Å². The van der Waals surface area contributed by atoms with E-state index in [-0.39, 0.29) is 0 Å². The second kappa shape index (κ2) is 7.67. The zero-order valence-electron chi connectivity index (χ0n) is 10.3. The third kappa shape index (κ3) is 5.35. The fourth-order valence-corrected chi connectivity index (χ4v) is 3.01. The average Bonchev–Trinajstić information content (AvgIpc) is 2.24. The SMILES string of the molecule is CC1CCCC(N(C)CCCCCBr)C1. The molecule has 0 aromatic rings. The first-order valence-electron chi connectivity index (χ1n) is 6.50. The second-order valence-electron chi connectivity index (χ2n) is 5.16. The monoisotopic (exact) mass is 275 g/mol. The van der Waals surface area contributed by atoms with Crippen LogP contribution < -0.4 is 0 Å². The lowest BCUT2D eigenvalue weighted by atomic mass is 9.86. The normalized spacial score (nSPS) is 27.2. The molecule has 1 aliphatic carbocycles. The molecule has 0 radical (unpaired) electrons. The lowest BCUT2D eigenvalue weighted by Gasteiger charge is -2.34. The molecule has 90 valence electrons. The van der Waals surface area contributed by atoms with Gasteiger partial charge in [0.1, 0.15) is 0 Å². The molecule has 0 amide bonds. The van der Waals surface area contributed by atoms with Crippen LogP contribution in [-0.4, -0.2) is 29.9 Å². The summed E-state index contributed by atoms with van der Waals surface area (Å²) in [5, 5.41) is 1.16. The van der Waals surface area contributed by atoms with E-state index in [4.69, 9.17) is 0 Å². The Morgan fingerprint density at radius 1 is 1.20 bits per heavy atom. The fourth-order valence-electron chi connectivity index (χ4n) is 2.62. The topological polar surface area (TPSA) is 3.24 Å². The Morgan fingerprint density at radius 2 is 2.00 bits per heavy atom. The molecule has 2 atom stereocenters. The van der Waals surface area contributed by atoms with Crippen molar-refractivity contribution < 1.29 is 0 Å². The molecule has 0 N–H and O–H groups in total. The van der Waals surface area contributed by atoms with Gasteiger partial charge in [-0.05, 0) is 45.2 Å². The summed E-state index contributed by atoms with van der Waals surface area (Å²) in [5.41, 5.74) is 0. The largest absolute Gasteiger partial charge is 0.303 e. The number of nitrogens with zero attached hydrogens (tertiary/aromatic N) is 1. The predicted molar refractivity (Wildman–Crippen MR) is 71.7 cm³/mol. The van der Waals surface area contributed by atoms with Crippen LogP contribution in [0.1, 0.15) is 51.9 Å². The molecule has 1 rings (SSSR count). The summed E-state index contributed by atoms with van der Waals surface area (Å²) < 4.78 is 0. The van der Waals surface area contributed by atoms with Gasteiger partial charge < -0.3 is 4.90 Å². The van der Waals surface area contributed by atoms with Gasteiger partial charge in [0.15, 0.2) is 0 Å². The number of alkyl halides is 1. The van der Waals surface area contributed by atoms with Gasteiger partial charge in [-0.15, -0.1) is 0 Å². The molecular weight excluding hydrogens is 250 g/mol. The predicted octanol–water partition coefficient (Wildman–Crippen LogP) is 4.06. The van der Waals surface area contributed by atoms with Crippen LogP contribution in [-0.2, 0) is 0 Å². The van der Waals surface area contributed by atoms with Gasteiger partial charge >= 0.3 is 0 Å². The van der Waals surface area contributed by atoms with Gasteiger partial charge in [-0.3, -0.25) is 0 Å². The molecule has 0 spiro atoms. The lowest BCUT2D eigenvalue weighted by molar-refractivity contribution is 0.162. The molecule has 1 fully saturated rings. The van der Waals surface area contributed by atoms with Gasteiger partial charge in [-0.2, -0.15) is 0 Å².